The summed E-state index contributed by atoms with van der Waals surface area (Å²) in [4.78, 5) is 20.7. The van der Waals surface area contributed by atoms with Crippen molar-refractivity contribution in [2.24, 2.45) is 5.18 Å². The van der Waals surface area contributed by atoms with Crippen LogP contribution < -0.4 is 0 Å². The van der Waals surface area contributed by atoms with Gasteiger partial charge in [0.15, 0.2) is 0 Å². The zero-order chi connectivity index (χ0) is 10.7. The lowest BCUT2D eigenvalue weighted by atomic mass is 10.0. The Bertz CT molecular complexity index is 375. The van der Waals surface area contributed by atoms with Gasteiger partial charge in [-0.05, 0) is 29.8 Å². The molecule has 1 unspecified atom stereocenters. The van der Waals surface area contributed by atoms with Crippen molar-refractivity contribution in [3.05, 3.63) is 28.7 Å². The molecule has 2 N–H and O–H groups in total. The zero-order valence-corrected chi connectivity index (χ0v) is 7.47. The van der Waals surface area contributed by atoms with Crippen molar-refractivity contribution in [3.8, 4) is 5.75 Å². The van der Waals surface area contributed by atoms with Crippen LogP contribution in [0, 0.1) is 4.91 Å². The van der Waals surface area contributed by atoms with Crippen LogP contribution in [0.3, 0.4) is 0 Å². The summed E-state index contributed by atoms with van der Waals surface area (Å²) in [5, 5.41) is 20.5. The fraction of sp³-hybridized carbons (Fsp3) is 0.222. The quantitative estimate of drug-likeness (QED) is 0.722. The molecule has 0 heterocycles. The lowest BCUT2D eigenvalue weighted by Crippen LogP contribution is -2.06. The van der Waals surface area contributed by atoms with Gasteiger partial charge in [0, 0.05) is 0 Å². The number of phenols is 1. The smallest absolute Gasteiger partial charge is 0.310 e. The van der Waals surface area contributed by atoms with E-state index < -0.39 is 11.9 Å². The number of aliphatic carboxylic acids is 1. The fourth-order valence-electron chi connectivity index (χ4n) is 1.03. The van der Waals surface area contributed by atoms with E-state index in [0.717, 1.165) is 0 Å². The van der Waals surface area contributed by atoms with Crippen molar-refractivity contribution < 1.29 is 15.0 Å². The highest BCUT2D eigenvalue weighted by molar-refractivity contribution is 5.76. The molecular formula is C9H9NO4. The number of carboxylic acid groups (broad SMARTS) is 1. The van der Waals surface area contributed by atoms with E-state index >= 15 is 0 Å². The molecule has 74 valence electrons. The molecule has 5 heteroatoms. The number of aromatic hydroxyl groups is 1. The van der Waals surface area contributed by atoms with E-state index in [-0.39, 0.29) is 11.4 Å². The fourth-order valence-corrected chi connectivity index (χ4v) is 1.03. The molecule has 1 rings (SSSR count). The van der Waals surface area contributed by atoms with Crippen LogP contribution in [0.15, 0.2) is 23.4 Å². The molecule has 0 amide bonds. The molecule has 0 saturated heterocycles. The maximum atomic E-state index is 10.6. The SMILES string of the molecule is CC(C(=O)O)c1ccc(N=O)c(O)c1. The van der Waals surface area contributed by atoms with Gasteiger partial charge in [0.2, 0.25) is 0 Å². The van der Waals surface area contributed by atoms with Crippen LogP contribution in [0.5, 0.6) is 5.75 Å². The number of rotatable bonds is 3. The monoisotopic (exact) mass is 195 g/mol. The van der Waals surface area contributed by atoms with Gasteiger partial charge in [-0.25, -0.2) is 0 Å². The lowest BCUT2D eigenvalue weighted by molar-refractivity contribution is -0.138. The second-order valence-electron chi connectivity index (χ2n) is 2.90. The minimum Gasteiger partial charge on any atom is -0.506 e. The Morgan fingerprint density at radius 3 is 2.57 bits per heavy atom. The molecule has 0 aliphatic rings. The molecule has 0 bridgehead atoms. The molecule has 0 fully saturated rings. The van der Waals surface area contributed by atoms with Crippen molar-refractivity contribution in [1.29, 1.82) is 0 Å². The van der Waals surface area contributed by atoms with E-state index in [0.29, 0.717) is 5.56 Å². The second-order valence-corrected chi connectivity index (χ2v) is 2.90. The minimum absolute atomic E-state index is 0.0914. The van der Waals surface area contributed by atoms with Crippen LogP contribution in [0.4, 0.5) is 5.69 Å². The van der Waals surface area contributed by atoms with Gasteiger partial charge in [0.05, 0.1) is 5.92 Å². The van der Waals surface area contributed by atoms with Crippen LogP contribution >= 0.6 is 0 Å². The van der Waals surface area contributed by atoms with Crippen molar-refractivity contribution in [3.63, 3.8) is 0 Å². The zero-order valence-electron chi connectivity index (χ0n) is 7.47. The largest absolute Gasteiger partial charge is 0.506 e. The molecule has 0 aliphatic carbocycles. The lowest BCUT2D eigenvalue weighted by Gasteiger charge is -2.06. The van der Waals surface area contributed by atoms with E-state index in [2.05, 4.69) is 5.18 Å². The maximum absolute atomic E-state index is 10.6. The maximum Gasteiger partial charge on any atom is 0.310 e. The summed E-state index contributed by atoms with van der Waals surface area (Å²) in [6.45, 7) is 1.49. The van der Waals surface area contributed by atoms with Gasteiger partial charge in [0.25, 0.3) is 0 Å². The summed E-state index contributed by atoms with van der Waals surface area (Å²) >= 11 is 0. The normalized spacial score (nSPS) is 12.1. The molecule has 1 aromatic rings. The van der Waals surface area contributed by atoms with E-state index in [1.807, 2.05) is 0 Å². The summed E-state index contributed by atoms with van der Waals surface area (Å²) in [6, 6.07) is 3.97. The van der Waals surface area contributed by atoms with E-state index in [9.17, 15) is 14.8 Å². The van der Waals surface area contributed by atoms with Crippen molar-refractivity contribution in [1.82, 2.24) is 0 Å². The number of nitrogens with zero attached hydrogens (tertiary/aromatic N) is 1. The predicted molar refractivity (Wildman–Crippen MR) is 49.6 cm³/mol. The molecular weight excluding hydrogens is 186 g/mol. The van der Waals surface area contributed by atoms with Gasteiger partial charge in [-0.2, -0.15) is 0 Å². The first-order valence-corrected chi connectivity index (χ1v) is 3.95. The highest BCUT2D eigenvalue weighted by atomic mass is 16.4. The highest BCUT2D eigenvalue weighted by Crippen LogP contribution is 2.29. The Kier molecular flexibility index (Phi) is 2.81. The molecule has 14 heavy (non-hydrogen) atoms. The number of nitroso groups, excluding NO2 is 1. The third kappa shape index (κ3) is 1.87. The Morgan fingerprint density at radius 1 is 1.50 bits per heavy atom. The van der Waals surface area contributed by atoms with Gasteiger partial charge < -0.3 is 10.2 Å². The highest BCUT2D eigenvalue weighted by Gasteiger charge is 2.15. The van der Waals surface area contributed by atoms with Crippen LogP contribution in [-0.4, -0.2) is 16.2 Å². The van der Waals surface area contributed by atoms with Crippen LogP contribution in [0.25, 0.3) is 0 Å². The Morgan fingerprint density at radius 2 is 2.14 bits per heavy atom. The van der Waals surface area contributed by atoms with E-state index in [1.165, 1.54) is 25.1 Å². The van der Waals surface area contributed by atoms with Gasteiger partial charge >= 0.3 is 5.97 Å². The summed E-state index contributed by atoms with van der Waals surface area (Å²) < 4.78 is 0. The Balaban J connectivity index is 3.08. The van der Waals surface area contributed by atoms with Crippen molar-refractivity contribution in [2.45, 2.75) is 12.8 Å². The Hall–Kier alpha value is -1.91. The number of carbonyl (C=O) groups is 1. The second kappa shape index (κ2) is 3.87. The molecule has 1 aromatic carbocycles. The van der Waals surface area contributed by atoms with E-state index in [4.69, 9.17) is 5.11 Å². The summed E-state index contributed by atoms with van der Waals surface area (Å²) in [5.41, 5.74) is 0.341. The first-order valence-electron chi connectivity index (χ1n) is 3.95. The number of benzene rings is 1. The van der Waals surface area contributed by atoms with Gasteiger partial charge in [-0.1, -0.05) is 6.07 Å². The first kappa shape index (κ1) is 10.2. The molecule has 1 atom stereocenters. The van der Waals surface area contributed by atoms with Gasteiger partial charge in [0.1, 0.15) is 11.4 Å². The molecule has 5 nitrogen and oxygen atoms in total. The molecule has 0 radical (unpaired) electrons. The van der Waals surface area contributed by atoms with Gasteiger partial charge in [-0.3, -0.25) is 4.79 Å². The van der Waals surface area contributed by atoms with Crippen LogP contribution in [0.1, 0.15) is 18.4 Å². The summed E-state index contributed by atoms with van der Waals surface area (Å²) in [5.74, 6) is -2.01. The number of phenolic OH excluding ortho intramolecular Hbond substituents is 1. The van der Waals surface area contributed by atoms with E-state index in [1.54, 1.807) is 0 Å². The van der Waals surface area contributed by atoms with Crippen LogP contribution in [0.2, 0.25) is 0 Å². The summed E-state index contributed by atoms with van der Waals surface area (Å²) in [6.07, 6.45) is 0. The topological polar surface area (TPSA) is 87.0 Å². The molecule has 0 saturated carbocycles. The van der Waals surface area contributed by atoms with Crippen LogP contribution in [-0.2, 0) is 4.79 Å². The molecule has 0 spiro atoms. The standard InChI is InChI=1S/C9H9NO4/c1-5(9(12)13)6-2-3-7(10-14)8(11)4-6/h2-5,11H,1H3,(H,12,13). The molecule has 0 aromatic heterocycles. The molecule has 0 aliphatic heterocycles. The van der Waals surface area contributed by atoms with Crippen molar-refractivity contribution in [2.75, 3.05) is 0 Å². The number of hydrogen-bond donors (Lipinski definition) is 2. The number of hydrogen-bond acceptors (Lipinski definition) is 4. The number of carboxylic acids is 1. The average Bonchev–Trinajstić information content (AvgIpc) is 2.16. The third-order valence-corrected chi connectivity index (χ3v) is 1.97. The van der Waals surface area contributed by atoms with Crippen molar-refractivity contribution >= 4 is 11.7 Å². The van der Waals surface area contributed by atoms with Gasteiger partial charge in [-0.15, -0.1) is 4.91 Å². The first-order chi connectivity index (χ1) is 6.56. The third-order valence-electron chi connectivity index (χ3n) is 1.97. The predicted octanol–water partition coefficient (Wildman–Crippen LogP) is 1.98. The average molecular weight is 195 g/mol. The minimum atomic E-state index is -0.990. The Labute approximate surface area is 80.0 Å². The summed E-state index contributed by atoms with van der Waals surface area (Å²) in [7, 11) is 0.